The van der Waals surface area contributed by atoms with E-state index in [9.17, 15) is 4.79 Å². The number of morpholine rings is 1. The molecule has 0 radical (unpaired) electrons. The quantitative estimate of drug-likeness (QED) is 0.732. The monoisotopic (exact) mass is 212 g/mol. The highest BCUT2D eigenvalue weighted by molar-refractivity contribution is 5.76. The van der Waals surface area contributed by atoms with Crippen LogP contribution in [0.1, 0.15) is 26.2 Å². The largest absolute Gasteiger partial charge is 0.377 e. The van der Waals surface area contributed by atoms with Crippen molar-refractivity contribution < 1.29 is 9.53 Å². The van der Waals surface area contributed by atoms with Crippen LogP contribution in [-0.4, -0.2) is 49.2 Å². The number of carbonyl (C=O) groups excluding carboxylic acids is 1. The minimum atomic E-state index is 0.243. The average Bonchev–Trinajstić information content (AvgIpc) is 3.02. The van der Waals surface area contributed by atoms with Crippen molar-refractivity contribution in [3.8, 4) is 0 Å². The van der Waals surface area contributed by atoms with Gasteiger partial charge in [-0.1, -0.05) is 0 Å². The van der Waals surface area contributed by atoms with Crippen molar-refractivity contribution in [3.63, 3.8) is 0 Å². The lowest BCUT2D eigenvalue weighted by Crippen LogP contribution is -2.47. The molecule has 0 aromatic rings. The standard InChI is InChI=1S/C11H20N2O2/c1-9-8-15-7-6-13(9)11(14)4-5-12-10-2-3-10/h9-10,12H,2-8H2,1H3/t9-/m1/s1. The topological polar surface area (TPSA) is 41.6 Å². The van der Waals surface area contributed by atoms with E-state index in [1.807, 2.05) is 11.8 Å². The zero-order valence-corrected chi connectivity index (χ0v) is 9.37. The Balaban J connectivity index is 1.68. The molecule has 0 bridgehead atoms. The second kappa shape index (κ2) is 4.94. The molecule has 1 saturated heterocycles. The maximum atomic E-state index is 11.8. The normalized spacial score (nSPS) is 26.7. The lowest BCUT2D eigenvalue weighted by molar-refractivity contribution is -0.138. The van der Waals surface area contributed by atoms with Gasteiger partial charge in [0.15, 0.2) is 0 Å². The molecule has 86 valence electrons. The van der Waals surface area contributed by atoms with Gasteiger partial charge in [-0.3, -0.25) is 4.79 Å². The summed E-state index contributed by atoms with van der Waals surface area (Å²) in [6.07, 6.45) is 3.19. The van der Waals surface area contributed by atoms with Gasteiger partial charge in [0, 0.05) is 25.6 Å². The van der Waals surface area contributed by atoms with E-state index in [1.54, 1.807) is 0 Å². The maximum absolute atomic E-state index is 11.8. The molecule has 0 aromatic heterocycles. The highest BCUT2D eigenvalue weighted by atomic mass is 16.5. The summed E-state index contributed by atoms with van der Waals surface area (Å²) >= 11 is 0. The minimum absolute atomic E-state index is 0.243. The summed E-state index contributed by atoms with van der Waals surface area (Å²) < 4.78 is 5.31. The van der Waals surface area contributed by atoms with E-state index in [2.05, 4.69) is 5.32 Å². The van der Waals surface area contributed by atoms with Gasteiger partial charge in [0.05, 0.1) is 19.3 Å². The first-order chi connectivity index (χ1) is 7.27. The average molecular weight is 212 g/mol. The summed E-state index contributed by atoms with van der Waals surface area (Å²) in [4.78, 5) is 13.8. The van der Waals surface area contributed by atoms with E-state index in [0.29, 0.717) is 25.7 Å². The van der Waals surface area contributed by atoms with Gasteiger partial charge >= 0.3 is 0 Å². The molecule has 1 aliphatic carbocycles. The molecule has 2 aliphatic rings. The van der Waals surface area contributed by atoms with E-state index in [4.69, 9.17) is 4.74 Å². The van der Waals surface area contributed by atoms with Gasteiger partial charge in [0.1, 0.15) is 0 Å². The zero-order chi connectivity index (χ0) is 10.7. The van der Waals surface area contributed by atoms with Gasteiger partial charge in [-0.15, -0.1) is 0 Å². The molecule has 1 heterocycles. The van der Waals surface area contributed by atoms with E-state index in [1.165, 1.54) is 12.8 Å². The molecule has 15 heavy (non-hydrogen) atoms. The Morgan fingerprint density at radius 2 is 2.33 bits per heavy atom. The predicted octanol–water partition coefficient (Wildman–Crippen LogP) is 0.376. The van der Waals surface area contributed by atoms with Crippen LogP contribution in [0.3, 0.4) is 0 Å². The number of hydrogen-bond acceptors (Lipinski definition) is 3. The highest BCUT2D eigenvalue weighted by Crippen LogP contribution is 2.18. The van der Waals surface area contributed by atoms with E-state index in [-0.39, 0.29) is 11.9 Å². The predicted molar refractivity (Wildman–Crippen MR) is 57.6 cm³/mol. The lowest BCUT2D eigenvalue weighted by Gasteiger charge is -2.33. The van der Waals surface area contributed by atoms with Gasteiger partial charge in [0.25, 0.3) is 0 Å². The van der Waals surface area contributed by atoms with Crippen LogP contribution in [0.15, 0.2) is 0 Å². The molecule has 0 spiro atoms. The Bertz CT molecular complexity index is 229. The number of nitrogens with zero attached hydrogens (tertiary/aromatic N) is 1. The second-order valence-corrected chi connectivity index (χ2v) is 4.49. The molecular formula is C11H20N2O2. The molecule has 4 heteroatoms. The molecular weight excluding hydrogens is 192 g/mol. The fraction of sp³-hybridized carbons (Fsp3) is 0.909. The van der Waals surface area contributed by atoms with Crippen LogP contribution in [0, 0.1) is 0 Å². The van der Waals surface area contributed by atoms with Crippen molar-refractivity contribution in [1.82, 2.24) is 10.2 Å². The summed E-state index contributed by atoms with van der Waals surface area (Å²) in [5.41, 5.74) is 0. The smallest absolute Gasteiger partial charge is 0.224 e. The summed E-state index contributed by atoms with van der Waals surface area (Å²) in [5.74, 6) is 0.263. The number of ether oxygens (including phenoxy) is 1. The Morgan fingerprint density at radius 1 is 1.53 bits per heavy atom. The Hall–Kier alpha value is -0.610. The third-order valence-electron chi connectivity index (χ3n) is 3.04. The van der Waals surface area contributed by atoms with Crippen molar-refractivity contribution in [1.29, 1.82) is 0 Å². The molecule has 1 amide bonds. The van der Waals surface area contributed by atoms with Crippen molar-refractivity contribution >= 4 is 5.91 Å². The zero-order valence-electron chi connectivity index (χ0n) is 9.37. The minimum Gasteiger partial charge on any atom is -0.377 e. The van der Waals surface area contributed by atoms with E-state index >= 15 is 0 Å². The summed E-state index contributed by atoms with van der Waals surface area (Å²) in [7, 11) is 0. The number of hydrogen-bond donors (Lipinski definition) is 1. The molecule has 0 aromatic carbocycles. The first-order valence-corrected chi connectivity index (χ1v) is 5.88. The van der Waals surface area contributed by atoms with Crippen molar-refractivity contribution in [2.24, 2.45) is 0 Å². The number of rotatable bonds is 4. The number of carbonyl (C=O) groups is 1. The third kappa shape index (κ3) is 3.18. The number of amides is 1. The summed E-state index contributed by atoms with van der Waals surface area (Å²) in [6.45, 7) is 5.00. The number of nitrogens with one attached hydrogen (secondary N) is 1. The molecule has 2 fully saturated rings. The summed E-state index contributed by atoms with van der Waals surface area (Å²) in [5, 5.41) is 3.36. The van der Waals surface area contributed by atoms with Crippen LogP contribution in [0.25, 0.3) is 0 Å². The Morgan fingerprint density at radius 3 is 3.00 bits per heavy atom. The molecule has 0 unspecified atom stereocenters. The fourth-order valence-electron chi connectivity index (χ4n) is 1.91. The molecule has 1 atom stereocenters. The van der Waals surface area contributed by atoms with Gasteiger partial charge in [-0.2, -0.15) is 0 Å². The Kier molecular flexibility index (Phi) is 3.59. The van der Waals surface area contributed by atoms with Gasteiger partial charge in [-0.05, 0) is 19.8 Å². The van der Waals surface area contributed by atoms with Crippen LogP contribution in [-0.2, 0) is 9.53 Å². The molecule has 1 N–H and O–H groups in total. The lowest BCUT2D eigenvalue weighted by atomic mass is 10.2. The van der Waals surface area contributed by atoms with Gasteiger partial charge in [-0.25, -0.2) is 0 Å². The fourth-order valence-corrected chi connectivity index (χ4v) is 1.91. The molecule has 2 rings (SSSR count). The van der Waals surface area contributed by atoms with Crippen molar-refractivity contribution in [3.05, 3.63) is 0 Å². The van der Waals surface area contributed by atoms with Crippen molar-refractivity contribution in [2.75, 3.05) is 26.3 Å². The van der Waals surface area contributed by atoms with Gasteiger partial charge < -0.3 is 15.0 Å². The maximum Gasteiger partial charge on any atom is 0.224 e. The second-order valence-electron chi connectivity index (χ2n) is 4.49. The molecule has 1 saturated carbocycles. The first kappa shape index (κ1) is 10.9. The molecule has 4 nitrogen and oxygen atoms in total. The van der Waals surface area contributed by atoms with Crippen LogP contribution in [0.5, 0.6) is 0 Å². The van der Waals surface area contributed by atoms with Crippen LogP contribution in [0.4, 0.5) is 0 Å². The van der Waals surface area contributed by atoms with Gasteiger partial charge in [0.2, 0.25) is 5.91 Å². The third-order valence-corrected chi connectivity index (χ3v) is 3.04. The van der Waals surface area contributed by atoms with Crippen molar-refractivity contribution in [2.45, 2.75) is 38.3 Å². The first-order valence-electron chi connectivity index (χ1n) is 5.88. The SMILES string of the molecule is C[C@@H]1COCCN1C(=O)CCNC1CC1. The van der Waals surface area contributed by atoms with E-state index < -0.39 is 0 Å². The van der Waals surface area contributed by atoms with E-state index in [0.717, 1.165) is 13.1 Å². The summed E-state index contributed by atoms with van der Waals surface area (Å²) in [6, 6.07) is 0.937. The highest BCUT2D eigenvalue weighted by Gasteiger charge is 2.24. The molecule has 1 aliphatic heterocycles. The van der Waals surface area contributed by atoms with Crippen LogP contribution < -0.4 is 5.32 Å². The van der Waals surface area contributed by atoms with Crippen LogP contribution >= 0.6 is 0 Å². The Labute approximate surface area is 91.0 Å². The van der Waals surface area contributed by atoms with Crippen LogP contribution in [0.2, 0.25) is 0 Å².